The van der Waals surface area contributed by atoms with Crippen LogP contribution < -0.4 is 10.7 Å². The number of anilines is 1. The lowest BCUT2D eigenvalue weighted by Crippen LogP contribution is -2.25. The van der Waals surface area contributed by atoms with Gasteiger partial charge >= 0.3 is 0 Å². The van der Waals surface area contributed by atoms with Crippen LogP contribution in [0.4, 0.5) is 5.13 Å². The maximum absolute atomic E-state index is 12.0. The average molecular weight is 410 g/mol. The Balaban J connectivity index is 1.37. The highest BCUT2D eigenvalue weighted by molar-refractivity contribution is 7.22. The fourth-order valence-corrected chi connectivity index (χ4v) is 3.73. The van der Waals surface area contributed by atoms with Crippen LogP contribution in [0, 0.1) is 6.92 Å². The zero-order valence-corrected chi connectivity index (χ0v) is 16.5. The summed E-state index contributed by atoms with van der Waals surface area (Å²) in [5.74, 6) is -0.281. The molecule has 0 bridgehead atoms. The minimum Gasteiger partial charge on any atom is -0.352 e. The Morgan fingerprint density at radius 1 is 1.18 bits per heavy atom. The number of hydrazone groups is 1. The molecule has 0 spiro atoms. The number of thiazole rings is 1. The molecule has 2 aromatic heterocycles. The predicted molar refractivity (Wildman–Crippen MR) is 115 cm³/mol. The van der Waals surface area contributed by atoms with E-state index in [0.29, 0.717) is 15.8 Å². The van der Waals surface area contributed by atoms with Crippen LogP contribution in [0.3, 0.4) is 0 Å². The maximum Gasteiger partial charge on any atom is 0.259 e. The number of halogens is 1. The highest BCUT2D eigenvalue weighted by atomic mass is 35.5. The van der Waals surface area contributed by atoms with Gasteiger partial charge in [-0.2, -0.15) is 5.10 Å². The molecule has 28 heavy (non-hydrogen) atoms. The van der Waals surface area contributed by atoms with Crippen LogP contribution in [-0.2, 0) is 4.79 Å². The van der Waals surface area contributed by atoms with Crippen molar-refractivity contribution < 1.29 is 4.79 Å². The third kappa shape index (κ3) is 4.11. The van der Waals surface area contributed by atoms with Gasteiger partial charge in [-0.15, -0.1) is 0 Å². The summed E-state index contributed by atoms with van der Waals surface area (Å²) in [6, 6.07) is 15.7. The number of amides is 1. The van der Waals surface area contributed by atoms with Gasteiger partial charge in [0.1, 0.15) is 5.15 Å². The third-order valence-corrected chi connectivity index (χ3v) is 5.34. The number of para-hydroxylation sites is 1. The molecule has 8 heteroatoms. The molecule has 0 saturated carbocycles. The Kier molecular flexibility index (Phi) is 5.18. The second-order valence-electron chi connectivity index (χ2n) is 6.20. The second-order valence-corrected chi connectivity index (χ2v) is 7.59. The zero-order chi connectivity index (χ0) is 19.5. The Morgan fingerprint density at radius 3 is 2.89 bits per heavy atom. The van der Waals surface area contributed by atoms with Crippen molar-refractivity contribution in [2.24, 2.45) is 5.10 Å². The molecule has 2 N–H and O–H groups in total. The normalized spacial score (nSPS) is 11.4. The molecular weight excluding hydrogens is 394 g/mol. The molecule has 1 amide bonds. The van der Waals surface area contributed by atoms with Gasteiger partial charge in [-0.05, 0) is 36.8 Å². The predicted octanol–water partition coefficient (Wildman–Crippen LogP) is 4.37. The number of carbonyl (C=O) groups is 1. The average Bonchev–Trinajstić information content (AvgIpc) is 3.10. The molecule has 2 heterocycles. The van der Waals surface area contributed by atoms with E-state index in [1.807, 2.05) is 55.5 Å². The minimum absolute atomic E-state index is 0.0696. The molecule has 140 valence electrons. The SMILES string of the molecule is Cc1ccc2cc(/C=N\NC(=O)CNc3nc4ccccc4s3)c(Cl)nc2c1. The highest BCUT2D eigenvalue weighted by Gasteiger charge is 2.06. The first-order valence-corrected chi connectivity index (χ1v) is 9.76. The lowest BCUT2D eigenvalue weighted by atomic mass is 10.1. The van der Waals surface area contributed by atoms with Crippen LogP contribution in [0.1, 0.15) is 11.1 Å². The van der Waals surface area contributed by atoms with Crippen LogP contribution in [0.15, 0.2) is 53.6 Å². The summed E-state index contributed by atoms with van der Waals surface area (Å²) < 4.78 is 1.07. The van der Waals surface area contributed by atoms with E-state index in [4.69, 9.17) is 11.6 Å². The fraction of sp³-hybridized carbons (Fsp3) is 0.100. The van der Waals surface area contributed by atoms with E-state index < -0.39 is 0 Å². The van der Waals surface area contributed by atoms with Crippen LogP contribution >= 0.6 is 22.9 Å². The molecule has 4 aromatic rings. The second kappa shape index (κ2) is 7.92. The van der Waals surface area contributed by atoms with Crippen molar-refractivity contribution in [3.05, 3.63) is 64.8 Å². The number of fused-ring (bicyclic) bond motifs is 2. The summed E-state index contributed by atoms with van der Waals surface area (Å²) in [6.45, 7) is 2.07. The van der Waals surface area contributed by atoms with Gasteiger partial charge in [-0.3, -0.25) is 4.79 Å². The van der Waals surface area contributed by atoms with Gasteiger partial charge in [0.15, 0.2) is 5.13 Å². The summed E-state index contributed by atoms with van der Waals surface area (Å²) in [5.41, 5.74) is 5.96. The minimum atomic E-state index is -0.281. The Labute approximate surface area is 170 Å². The number of nitrogens with one attached hydrogen (secondary N) is 2. The molecule has 0 aliphatic carbocycles. The van der Waals surface area contributed by atoms with Crippen molar-refractivity contribution in [3.8, 4) is 0 Å². The molecular formula is C20H16ClN5OS. The van der Waals surface area contributed by atoms with Crippen molar-refractivity contribution in [2.45, 2.75) is 6.92 Å². The van der Waals surface area contributed by atoms with Gasteiger partial charge in [0.05, 0.1) is 28.5 Å². The summed E-state index contributed by atoms with van der Waals surface area (Å²) >= 11 is 7.71. The molecule has 0 aliphatic heterocycles. The number of rotatable bonds is 5. The van der Waals surface area contributed by atoms with E-state index in [9.17, 15) is 4.79 Å². The maximum atomic E-state index is 12.0. The van der Waals surface area contributed by atoms with Gasteiger partial charge < -0.3 is 5.32 Å². The molecule has 0 aliphatic rings. The summed E-state index contributed by atoms with van der Waals surface area (Å²) in [7, 11) is 0. The number of pyridine rings is 1. The van der Waals surface area contributed by atoms with Gasteiger partial charge in [0.25, 0.3) is 5.91 Å². The van der Waals surface area contributed by atoms with Crippen molar-refractivity contribution in [2.75, 3.05) is 11.9 Å². The summed E-state index contributed by atoms with van der Waals surface area (Å²) in [6.07, 6.45) is 1.49. The first kappa shape index (κ1) is 18.3. The fourth-order valence-electron chi connectivity index (χ4n) is 2.68. The lowest BCUT2D eigenvalue weighted by molar-refractivity contribution is -0.119. The largest absolute Gasteiger partial charge is 0.352 e. The molecule has 2 aromatic carbocycles. The number of hydrogen-bond acceptors (Lipinski definition) is 6. The van der Waals surface area contributed by atoms with Crippen molar-refractivity contribution in [3.63, 3.8) is 0 Å². The Morgan fingerprint density at radius 2 is 2.04 bits per heavy atom. The van der Waals surface area contributed by atoms with E-state index in [2.05, 4.69) is 25.8 Å². The Hall–Kier alpha value is -3.03. The quantitative estimate of drug-likeness (QED) is 0.291. The molecule has 0 fully saturated rings. The highest BCUT2D eigenvalue weighted by Crippen LogP contribution is 2.25. The summed E-state index contributed by atoms with van der Waals surface area (Å²) in [4.78, 5) is 20.8. The zero-order valence-electron chi connectivity index (χ0n) is 14.9. The van der Waals surface area contributed by atoms with Crippen molar-refractivity contribution >= 4 is 61.3 Å². The van der Waals surface area contributed by atoms with Gasteiger partial charge in [-0.1, -0.05) is 47.2 Å². The number of aromatic nitrogens is 2. The third-order valence-electron chi connectivity index (χ3n) is 4.04. The number of aryl methyl sites for hydroxylation is 1. The standard InChI is InChI=1S/C20H16ClN5OS/c1-12-6-7-13-9-14(19(21)24-16(13)8-12)10-23-26-18(27)11-22-20-25-15-4-2-3-5-17(15)28-20/h2-10H,11H2,1H3,(H,22,25)(H,26,27)/b23-10-. The summed E-state index contributed by atoms with van der Waals surface area (Å²) in [5, 5.41) is 8.97. The first-order chi connectivity index (χ1) is 13.6. The smallest absolute Gasteiger partial charge is 0.259 e. The van der Waals surface area contributed by atoms with Crippen molar-refractivity contribution in [1.82, 2.24) is 15.4 Å². The van der Waals surface area contributed by atoms with Gasteiger partial charge in [-0.25, -0.2) is 15.4 Å². The molecule has 0 saturated heterocycles. The molecule has 0 radical (unpaired) electrons. The molecule has 6 nitrogen and oxygen atoms in total. The van der Waals surface area contributed by atoms with E-state index in [-0.39, 0.29) is 12.5 Å². The number of carbonyl (C=O) groups excluding carboxylic acids is 1. The van der Waals surface area contributed by atoms with E-state index in [1.165, 1.54) is 17.6 Å². The van der Waals surface area contributed by atoms with E-state index in [0.717, 1.165) is 26.7 Å². The molecule has 0 unspecified atom stereocenters. The van der Waals surface area contributed by atoms with Gasteiger partial charge in [0, 0.05) is 10.9 Å². The van der Waals surface area contributed by atoms with Crippen LogP contribution in [0.5, 0.6) is 0 Å². The Bertz CT molecular complexity index is 1170. The lowest BCUT2D eigenvalue weighted by Gasteiger charge is -2.04. The molecule has 0 atom stereocenters. The van der Waals surface area contributed by atoms with Crippen molar-refractivity contribution in [1.29, 1.82) is 0 Å². The van der Waals surface area contributed by atoms with Crippen LogP contribution in [0.2, 0.25) is 5.15 Å². The topological polar surface area (TPSA) is 79.3 Å². The van der Waals surface area contributed by atoms with Gasteiger partial charge in [0.2, 0.25) is 0 Å². The first-order valence-electron chi connectivity index (χ1n) is 8.57. The van der Waals surface area contributed by atoms with Crippen LogP contribution in [-0.4, -0.2) is 28.6 Å². The van der Waals surface area contributed by atoms with E-state index >= 15 is 0 Å². The monoisotopic (exact) mass is 409 g/mol. The number of nitrogens with zero attached hydrogens (tertiary/aromatic N) is 3. The number of hydrogen-bond donors (Lipinski definition) is 2. The van der Waals surface area contributed by atoms with E-state index in [1.54, 1.807) is 0 Å². The molecule has 4 rings (SSSR count). The van der Waals surface area contributed by atoms with Crippen LogP contribution in [0.25, 0.3) is 21.1 Å². The number of benzene rings is 2.